The number of ether oxygens (including phenoxy) is 1. The van der Waals surface area contributed by atoms with Crippen molar-refractivity contribution < 1.29 is 17.9 Å². The van der Waals surface area contributed by atoms with Gasteiger partial charge in [0.2, 0.25) is 0 Å². The van der Waals surface area contributed by atoms with Crippen molar-refractivity contribution in [2.24, 2.45) is 5.41 Å². The van der Waals surface area contributed by atoms with Crippen molar-refractivity contribution >= 4 is 15.9 Å². The summed E-state index contributed by atoms with van der Waals surface area (Å²) in [7, 11) is -3.90. The highest BCUT2D eigenvalue weighted by Gasteiger charge is 2.37. The molecule has 2 atom stereocenters. The highest BCUT2D eigenvalue weighted by molar-refractivity contribution is 7.90. The minimum absolute atomic E-state index is 0.0256. The number of hydrogen-bond acceptors (Lipinski definition) is 6. The molecule has 3 N–H and O–H groups in total. The van der Waals surface area contributed by atoms with Gasteiger partial charge in [0.05, 0.1) is 11.5 Å². The van der Waals surface area contributed by atoms with Crippen LogP contribution in [-0.2, 0) is 14.8 Å². The number of nitrogens with one attached hydrogen (secondary N) is 3. The van der Waals surface area contributed by atoms with Crippen LogP contribution in [0.15, 0.2) is 29.2 Å². The Bertz CT molecular complexity index is 680. The Labute approximate surface area is 143 Å². The second kappa shape index (κ2) is 7.08. The van der Waals surface area contributed by atoms with Crippen molar-refractivity contribution in [1.29, 1.82) is 0 Å². The van der Waals surface area contributed by atoms with E-state index in [1.165, 1.54) is 12.1 Å². The number of hydrazine groups is 1. The standard InChI is InChI=1S/C16H25N3O4S/c1-5-23-11-6-8-12(9-7-11)24(21,22)19-15(20)13-10-14(18-17-13)16(2,3)4/h6-9,13-14,17-18H,5,10H2,1-4H3,(H,19,20). The van der Waals surface area contributed by atoms with Gasteiger partial charge in [0.15, 0.2) is 0 Å². The summed E-state index contributed by atoms with van der Waals surface area (Å²) < 4.78 is 32.1. The second-order valence-electron chi connectivity index (χ2n) is 6.87. The van der Waals surface area contributed by atoms with Crippen LogP contribution in [0.4, 0.5) is 0 Å². The molecule has 2 rings (SSSR count). The first-order chi connectivity index (χ1) is 11.1. The molecule has 24 heavy (non-hydrogen) atoms. The van der Waals surface area contributed by atoms with Gasteiger partial charge in [0.1, 0.15) is 11.8 Å². The zero-order valence-corrected chi connectivity index (χ0v) is 15.2. The predicted octanol–water partition coefficient (Wildman–Crippen LogP) is 1.17. The molecule has 1 aromatic rings. The fourth-order valence-electron chi connectivity index (χ4n) is 2.44. The van der Waals surface area contributed by atoms with Crippen LogP contribution in [0.2, 0.25) is 0 Å². The number of carbonyl (C=O) groups excluding carboxylic acids is 1. The molecule has 0 spiro atoms. The highest BCUT2D eigenvalue weighted by Crippen LogP contribution is 2.25. The van der Waals surface area contributed by atoms with Crippen LogP contribution in [0.3, 0.4) is 0 Å². The molecule has 1 heterocycles. The zero-order valence-electron chi connectivity index (χ0n) is 14.4. The van der Waals surface area contributed by atoms with E-state index in [1.54, 1.807) is 12.1 Å². The molecule has 134 valence electrons. The van der Waals surface area contributed by atoms with Crippen LogP contribution < -0.4 is 20.3 Å². The van der Waals surface area contributed by atoms with Gasteiger partial charge >= 0.3 is 0 Å². The van der Waals surface area contributed by atoms with E-state index in [4.69, 9.17) is 4.74 Å². The summed E-state index contributed by atoms with van der Waals surface area (Å²) in [5.41, 5.74) is 5.89. The van der Waals surface area contributed by atoms with Crippen LogP contribution in [0, 0.1) is 5.41 Å². The van der Waals surface area contributed by atoms with Crippen LogP contribution >= 0.6 is 0 Å². The van der Waals surface area contributed by atoms with Gasteiger partial charge in [0.25, 0.3) is 15.9 Å². The predicted molar refractivity (Wildman–Crippen MR) is 90.9 cm³/mol. The molecule has 1 aliphatic heterocycles. The molecule has 2 unspecified atom stereocenters. The zero-order chi connectivity index (χ0) is 18.0. The van der Waals surface area contributed by atoms with Crippen LogP contribution in [0.25, 0.3) is 0 Å². The van der Waals surface area contributed by atoms with E-state index < -0.39 is 22.0 Å². The smallest absolute Gasteiger partial charge is 0.264 e. The first-order valence-electron chi connectivity index (χ1n) is 7.94. The maximum atomic E-state index is 12.3. The third kappa shape index (κ3) is 4.46. The average Bonchev–Trinajstić information content (AvgIpc) is 2.98. The van der Waals surface area contributed by atoms with Crippen LogP contribution in [0.1, 0.15) is 34.1 Å². The number of amides is 1. The summed E-state index contributed by atoms with van der Waals surface area (Å²) in [5, 5.41) is 0. The Morgan fingerprint density at radius 3 is 2.38 bits per heavy atom. The van der Waals surface area contributed by atoms with Gasteiger partial charge in [-0.15, -0.1) is 0 Å². The molecule has 0 aliphatic carbocycles. The summed E-state index contributed by atoms with van der Waals surface area (Å²) in [5.74, 6) is 0.0144. The lowest BCUT2D eigenvalue weighted by Crippen LogP contribution is -2.45. The Morgan fingerprint density at radius 1 is 1.25 bits per heavy atom. The molecule has 0 bridgehead atoms. The Morgan fingerprint density at radius 2 is 1.88 bits per heavy atom. The van der Waals surface area contributed by atoms with Gasteiger partial charge in [-0.3, -0.25) is 10.2 Å². The number of carbonyl (C=O) groups is 1. The molecule has 1 fully saturated rings. The lowest BCUT2D eigenvalue weighted by atomic mass is 9.84. The van der Waals surface area contributed by atoms with Crippen molar-refractivity contribution in [1.82, 2.24) is 15.6 Å². The lowest BCUT2D eigenvalue weighted by Gasteiger charge is -2.25. The van der Waals surface area contributed by atoms with Crippen LogP contribution in [-0.4, -0.2) is 33.0 Å². The third-order valence-electron chi connectivity index (χ3n) is 3.95. The third-order valence-corrected chi connectivity index (χ3v) is 5.31. The fraction of sp³-hybridized carbons (Fsp3) is 0.562. The molecule has 1 amide bonds. The van der Waals surface area contributed by atoms with Crippen molar-refractivity contribution in [2.45, 2.75) is 51.1 Å². The van der Waals surface area contributed by atoms with Crippen LogP contribution in [0.5, 0.6) is 5.75 Å². The lowest BCUT2D eigenvalue weighted by molar-refractivity contribution is -0.121. The molecule has 1 aliphatic rings. The first-order valence-corrected chi connectivity index (χ1v) is 9.42. The maximum Gasteiger partial charge on any atom is 0.264 e. The number of rotatable bonds is 5. The molecule has 0 saturated carbocycles. The van der Waals surface area contributed by atoms with Gasteiger partial charge in [-0.1, -0.05) is 20.8 Å². The fourth-order valence-corrected chi connectivity index (χ4v) is 3.46. The van der Waals surface area contributed by atoms with Crippen molar-refractivity contribution in [3.63, 3.8) is 0 Å². The SMILES string of the molecule is CCOc1ccc(S(=O)(=O)NC(=O)C2CC(C(C)(C)C)NN2)cc1. The quantitative estimate of drug-likeness (QED) is 0.734. The number of hydrogen-bond donors (Lipinski definition) is 3. The summed E-state index contributed by atoms with van der Waals surface area (Å²) in [4.78, 5) is 12.3. The van der Waals surface area contributed by atoms with Crippen molar-refractivity contribution in [2.75, 3.05) is 6.61 Å². The van der Waals surface area contributed by atoms with E-state index in [-0.39, 0.29) is 16.4 Å². The normalized spacial score (nSPS) is 21.5. The highest BCUT2D eigenvalue weighted by atomic mass is 32.2. The van der Waals surface area contributed by atoms with E-state index in [2.05, 4.69) is 36.3 Å². The maximum absolute atomic E-state index is 12.3. The van der Waals surface area contributed by atoms with E-state index in [0.29, 0.717) is 18.8 Å². The van der Waals surface area contributed by atoms with E-state index in [9.17, 15) is 13.2 Å². The monoisotopic (exact) mass is 355 g/mol. The summed E-state index contributed by atoms with van der Waals surface area (Å²) in [6.07, 6.45) is 0.522. The van der Waals surface area contributed by atoms with Crippen molar-refractivity contribution in [3.05, 3.63) is 24.3 Å². The molecular weight excluding hydrogens is 330 g/mol. The first kappa shape index (κ1) is 18.7. The minimum Gasteiger partial charge on any atom is -0.494 e. The van der Waals surface area contributed by atoms with E-state index in [0.717, 1.165) is 0 Å². The Kier molecular flexibility index (Phi) is 5.52. The van der Waals surface area contributed by atoms with Gasteiger partial charge in [0, 0.05) is 6.04 Å². The molecule has 7 nitrogen and oxygen atoms in total. The van der Waals surface area contributed by atoms with Gasteiger partial charge in [-0.05, 0) is 43.0 Å². The second-order valence-corrected chi connectivity index (χ2v) is 8.55. The topological polar surface area (TPSA) is 96.5 Å². The molecule has 0 aromatic heterocycles. The molecule has 0 radical (unpaired) electrons. The number of sulfonamides is 1. The van der Waals surface area contributed by atoms with Gasteiger partial charge in [-0.25, -0.2) is 18.6 Å². The Balaban J connectivity index is 2.02. The molecule has 1 saturated heterocycles. The summed E-state index contributed by atoms with van der Waals surface area (Å²) >= 11 is 0. The number of benzene rings is 1. The summed E-state index contributed by atoms with van der Waals surface area (Å²) in [6.45, 7) is 8.52. The largest absolute Gasteiger partial charge is 0.494 e. The Hall–Kier alpha value is -1.64. The molecular formula is C16H25N3O4S. The van der Waals surface area contributed by atoms with Crippen molar-refractivity contribution in [3.8, 4) is 5.75 Å². The van der Waals surface area contributed by atoms with E-state index in [1.807, 2.05) is 6.92 Å². The minimum atomic E-state index is -3.90. The average molecular weight is 355 g/mol. The van der Waals surface area contributed by atoms with Gasteiger partial charge in [-0.2, -0.15) is 0 Å². The molecule has 1 aromatic carbocycles. The summed E-state index contributed by atoms with van der Waals surface area (Å²) in [6, 6.07) is 5.45. The van der Waals surface area contributed by atoms with Gasteiger partial charge < -0.3 is 4.74 Å². The van der Waals surface area contributed by atoms with E-state index >= 15 is 0 Å². The molecule has 8 heteroatoms.